The lowest BCUT2D eigenvalue weighted by Gasteiger charge is -2.29. The van der Waals surface area contributed by atoms with Crippen LogP contribution in [0.5, 0.6) is 0 Å². The van der Waals surface area contributed by atoms with Crippen LogP contribution < -0.4 is 10.8 Å². The number of rotatable bonds is 5. The van der Waals surface area contributed by atoms with Crippen molar-refractivity contribution in [2.75, 3.05) is 0 Å². The normalized spacial score (nSPS) is 18.0. The molecule has 2 aliphatic heterocycles. The smallest absolute Gasteiger partial charge is 0.348 e. The van der Waals surface area contributed by atoms with Crippen molar-refractivity contribution in [1.82, 2.24) is 15.0 Å². The first-order valence-corrected chi connectivity index (χ1v) is 11.0. The molecule has 1 saturated heterocycles. The van der Waals surface area contributed by atoms with Gasteiger partial charge >= 0.3 is 5.92 Å². The van der Waals surface area contributed by atoms with Crippen molar-refractivity contribution >= 4 is 56.5 Å². The summed E-state index contributed by atoms with van der Waals surface area (Å²) in [5.74, 6) is -6.31. The Hall–Kier alpha value is -3.20. The van der Waals surface area contributed by atoms with E-state index < -0.39 is 29.3 Å². The first-order valence-electron chi connectivity index (χ1n) is 10.7. The van der Waals surface area contributed by atoms with Gasteiger partial charge in [-0.2, -0.15) is 8.78 Å². The Morgan fingerprint density at radius 1 is 1.21 bits per heavy atom. The highest BCUT2D eigenvalue weighted by Crippen LogP contribution is 2.31. The van der Waals surface area contributed by atoms with Crippen LogP contribution in [0.2, 0.25) is 5.02 Å². The molecule has 2 heterocycles. The summed E-state index contributed by atoms with van der Waals surface area (Å²) in [7, 11) is 2.75. The molecule has 0 saturated carbocycles. The molecule has 0 bridgehead atoms. The highest BCUT2D eigenvalue weighted by Gasteiger charge is 2.44. The second-order valence-electron chi connectivity index (χ2n) is 8.59. The summed E-state index contributed by atoms with van der Waals surface area (Å²) in [4.78, 5) is 51.3. The average molecular weight is 485 g/mol. The zero-order chi connectivity index (χ0) is 24.8. The van der Waals surface area contributed by atoms with Crippen LogP contribution in [0.4, 0.5) is 8.78 Å². The summed E-state index contributed by atoms with van der Waals surface area (Å²) in [6.07, 6.45) is 0.393. The molecular weight excluding hydrogens is 465 g/mol. The van der Waals surface area contributed by atoms with Crippen molar-refractivity contribution in [3.63, 3.8) is 0 Å². The number of piperidine rings is 1. The zero-order valence-electron chi connectivity index (χ0n) is 18.5. The molecule has 34 heavy (non-hydrogen) atoms. The topological polar surface area (TPSA) is 86.8 Å². The predicted molar refractivity (Wildman–Crippen MR) is 125 cm³/mol. The highest BCUT2D eigenvalue weighted by atomic mass is 35.5. The number of alkyl halides is 2. The van der Waals surface area contributed by atoms with Crippen LogP contribution in [0.25, 0.3) is 0 Å². The molecule has 4 amide bonds. The molecule has 0 spiro atoms. The van der Waals surface area contributed by atoms with Crippen LogP contribution in [-0.4, -0.2) is 55.2 Å². The molecule has 0 radical (unpaired) electrons. The third-order valence-electron chi connectivity index (χ3n) is 6.15. The molecule has 1 fully saturated rings. The Balaban J connectivity index is 1.49. The van der Waals surface area contributed by atoms with Gasteiger partial charge in [-0.25, -0.2) is 0 Å². The van der Waals surface area contributed by atoms with Crippen molar-refractivity contribution in [3.8, 4) is 0 Å². The second kappa shape index (κ2) is 8.87. The fourth-order valence-electron chi connectivity index (χ4n) is 4.41. The van der Waals surface area contributed by atoms with E-state index in [1.807, 2.05) is 0 Å². The number of benzene rings is 2. The van der Waals surface area contributed by atoms with Gasteiger partial charge < -0.3 is 9.71 Å². The number of halogens is 3. The predicted octanol–water partition coefficient (Wildman–Crippen LogP) is 0.0281. The lowest BCUT2D eigenvalue weighted by molar-refractivity contribution is -0.154. The summed E-state index contributed by atoms with van der Waals surface area (Å²) < 4.78 is 29.9. The Kier molecular flexibility index (Phi) is 6.24. The van der Waals surface area contributed by atoms with Crippen LogP contribution in [0, 0.1) is 0 Å². The van der Waals surface area contributed by atoms with Gasteiger partial charge in [-0.3, -0.25) is 24.5 Å². The quantitative estimate of drug-likeness (QED) is 0.478. The Morgan fingerprint density at radius 3 is 2.62 bits per heavy atom. The molecule has 2 aromatic carbocycles. The molecule has 1 unspecified atom stereocenters. The fourth-order valence-corrected chi connectivity index (χ4v) is 4.63. The molecule has 7 nitrogen and oxygen atoms in total. The average Bonchev–Trinajstić information content (AvgIpc) is 3.08. The number of carbonyl (C=O) groups is 4. The van der Waals surface area contributed by atoms with Crippen LogP contribution in [0.1, 0.15) is 39.9 Å². The van der Waals surface area contributed by atoms with Gasteiger partial charge in [0.05, 0.1) is 0 Å². The van der Waals surface area contributed by atoms with Gasteiger partial charge in [-0.15, -0.1) is 0 Å². The molecular formula is C22H20B2ClF2N3O4. The van der Waals surface area contributed by atoms with Crippen molar-refractivity contribution in [2.24, 2.45) is 0 Å². The molecule has 174 valence electrons. The van der Waals surface area contributed by atoms with Crippen molar-refractivity contribution in [1.29, 1.82) is 0 Å². The van der Waals surface area contributed by atoms with Crippen LogP contribution in [-0.2, 0) is 33.4 Å². The van der Waals surface area contributed by atoms with Gasteiger partial charge in [-0.05, 0) is 35.7 Å². The second-order valence-corrected chi connectivity index (χ2v) is 9.02. The summed E-state index contributed by atoms with van der Waals surface area (Å²) in [6.45, 7) is 0.0625. The SMILES string of the molecule is Bc1cc(Cl)ccc1C(F)(F)C(=O)N(B)Cc1ccc2c(c1)CN(C1CCC(=O)NC1=O)C2=O. The van der Waals surface area contributed by atoms with Crippen molar-refractivity contribution < 1.29 is 28.0 Å². The number of imide groups is 1. The highest BCUT2D eigenvalue weighted by molar-refractivity contribution is 6.37. The summed E-state index contributed by atoms with van der Waals surface area (Å²) in [5, 5.41) is 2.55. The third-order valence-corrected chi connectivity index (χ3v) is 6.38. The van der Waals surface area contributed by atoms with E-state index in [2.05, 4.69) is 5.32 Å². The lowest BCUT2D eigenvalue weighted by atomic mass is 9.87. The number of nitrogens with zero attached hydrogens (tertiary/aromatic N) is 2. The first-order chi connectivity index (χ1) is 16.0. The monoisotopic (exact) mass is 485 g/mol. The van der Waals surface area contributed by atoms with E-state index in [0.717, 1.165) is 10.9 Å². The van der Waals surface area contributed by atoms with Crippen LogP contribution in [0.15, 0.2) is 36.4 Å². The van der Waals surface area contributed by atoms with E-state index in [-0.39, 0.29) is 43.2 Å². The molecule has 2 aliphatic rings. The van der Waals surface area contributed by atoms with Gasteiger partial charge in [0.15, 0.2) is 0 Å². The standard InChI is InChI=1S/C22H20B2ClF2N3O4/c23-16-8-13(25)2-4-15(16)22(26,27)21(34)30(24)9-11-1-3-14-12(7-11)10-29(20(14)33)17-5-6-18(31)28-19(17)32/h1-4,7-8,17H,5-6,9-10,23-24H2,(H,28,31,32). The lowest BCUT2D eigenvalue weighted by Crippen LogP contribution is -2.52. The number of carbonyl (C=O) groups excluding carboxylic acids is 4. The number of fused-ring (bicyclic) bond motifs is 1. The number of hydrogen-bond acceptors (Lipinski definition) is 4. The van der Waals surface area contributed by atoms with Crippen LogP contribution in [0.3, 0.4) is 0 Å². The fraction of sp³-hybridized carbons (Fsp3) is 0.273. The van der Waals surface area contributed by atoms with Crippen molar-refractivity contribution in [2.45, 2.75) is 37.9 Å². The molecule has 2 aromatic rings. The zero-order valence-corrected chi connectivity index (χ0v) is 19.3. The van der Waals surface area contributed by atoms with E-state index in [4.69, 9.17) is 11.6 Å². The van der Waals surface area contributed by atoms with E-state index in [1.54, 1.807) is 18.2 Å². The Morgan fingerprint density at radius 2 is 1.94 bits per heavy atom. The van der Waals surface area contributed by atoms with Crippen LogP contribution >= 0.6 is 11.6 Å². The van der Waals surface area contributed by atoms with Gasteiger partial charge in [0.1, 0.15) is 13.9 Å². The number of hydrogen-bond donors (Lipinski definition) is 1. The van der Waals surface area contributed by atoms with E-state index in [9.17, 15) is 28.0 Å². The molecule has 0 aromatic heterocycles. The largest absolute Gasteiger partial charge is 0.384 e. The molecule has 12 heteroatoms. The summed E-state index contributed by atoms with van der Waals surface area (Å²) in [6, 6.07) is 7.94. The molecule has 0 aliphatic carbocycles. The Labute approximate surface area is 201 Å². The van der Waals surface area contributed by atoms with Crippen molar-refractivity contribution in [3.05, 3.63) is 63.7 Å². The number of amides is 4. The van der Waals surface area contributed by atoms with Gasteiger partial charge in [-0.1, -0.05) is 35.3 Å². The van der Waals surface area contributed by atoms with E-state index in [0.29, 0.717) is 21.7 Å². The van der Waals surface area contributed by atoms with E-state index >= 15 is 0 Å². The molecule has 1 N–H and O–H groups in total. The maximum atomic E-state index is 14.9. The van der Waals surface area contributed by atoms with Gasteiger partial charge in [0.25, 0.3) is 11.8 Å². The number of nitrogens with one attached hydrogen (secondary N) is 1. The summed E-state index contributed by atoms with van der Waals surface area (Å²) >= 11 is 5.84. The molecule has 1 atom stereocenters. The Bertz CT molecular complexity index is 1230. The minimum absolute atomic E-state index is 0.0963. The van der Waals surface area contributed by atoms with Gasteiger partial charge in [0.2, 0.25) is 19.8 Å². The third kappa shape index (κ3) is 4.32. The van der Waals surface area contributed by atoms with Gasteiger partial charge in [0, 0.05) is 35.7 Å². The maximum Gasteiger partial charge on any atom is 0.348 e. The minimum atomic E-state index is -3.74. The maximum absolute atomic E-state index is 14.9. The first kappa shape index (κ1) is 23.9. The van der Waals surface area contributed by atoms with E-state index in [1.165, 1.54) is 32.9 Å². The molecule has 4 rings (SSSR count). The minimum Gasteiger partial charge on any atom is -0.384 e. The summed E-state index contributed by atoms with van der Waals surface area (Å²) in [5.41, 5.74) is 1.41.